The minimum absolute atomic E-state index is 0.0245. The van der Waals surface area contributed by atoms with E-state index in [1.54, 1.807) is 0 Å². The molecule has 0 saturated heterocycles. The Morgan fingerprint density at radius 2 is 1.77 bits per heavy atom. The predicted molar refractivity (Wildman–Crippen MR) is 76.3 cm³/mol. The third kappa shape index (κ3) is 3.47. The molecule has 0 aromatic heterocycles. The molecule has 2 unspecified atom stereocenters. The normalized spacial score (nSPS) is 19.0. The summed E-state index contributed by atoms with van der Waals surface area (Å²) in [6.07, 6.45) is -4.23. The summed E-state index contributed by atoms with van der Waals surface area (Å²) in [5.41, 5.74) is -1.85. The van der Waals surface area contributed by atoms with E-state index in [2.05, 4.69) is 29.4 Å². The van der Waals surface area contributed by atoms with Crippen molar-refractivity contribution < 1.29 is 18.3 Å². The van der Waals surface area contributed by atoms with Gasteiger partial charge in [-0.3, -0.25) is 0 Å². The Bertz CT molecular complexity index is 522. The van der Waals surface area contributed by atoms with Gasteiger partial charge < -0.3 is 10.4 Å². The molecule has 0 saturated carbocycles. The van der Waals surface area contributed by atoms with Gasteiger partial charge in [0.1, 0.15) is 0 Å². The van der Waals surface area contributed by atoms with Crippen molar-refractivity contribution in [3.63, 3.8) is 0 Å². The number of nitrogens with zero attached hydrogens (tertiary/aromatic N) is 2. The van der Waals surface area contributed by atoms with Gasteiger partial charge in [-0.1, -0.05) is 44.5 Å². The molecule has 2 rings (SSSR count). The number of nitrogens with one attached hydrogen (secondary N) is 1. The van der Waals surface area contributed by atoms with Crippen molar-refractivity contribution in [3.8, 4) is 0 Å². The smallest absolute Gasteiger partial charge is 0.387 e. The standard InChI is InChI=1S/C15H20F3N3O/c1-3-10(2)8-19-9-13(22)11-4-6-12(7-5-11)14(20-21-14)15(16,17)18/h4-7,10,13,19,22H,3,8-9H2,1-2H3. The average molecular weight is 315 g/mol. The molecule has 122 valence electrons. The van der Waals surface area contributed by atoms with Crippen molar-refractivity contribution in [2.45, 2.75) is 38.2 Å². The third-order valence-corrected chi connectivity index (χ3v) is 3.92. The molecule has 1 aromatic rings. The molecule has 1 heterocycles. The number of alkyl halides is 3. The molecule has 1 aromatic carbocycles. The van der Waals surface area contributed by atoms with Crippen molar-refractivity contribution in [1.29, 1.82) is 0 Å². The Kier molecular flexibility index (Phi) is 4.87. The fourth-order valence-corrected chi connectivity index (χ4v) is 2.11. The van der Waals surface area contributed by atoms with Gasteiger partial charge in [0.2, 0.25) is 0 Å². The summed E-state index contributed by atoms with van der Waals surface area (Å²) in [5.74, 6) is 0.513. The molecule has 0 bridgehead atoms. The second kappa shape index (κ2) is 6.34. The first kappa shape index (κ1) is 16.9. The Morgan fingerprint density at radius 1 is 1.18 bits per heavy atom. The number of halogens is 3. The molecule has 0 fully saturated rings. The van der Waals surface area contributed by atoms with Gasteiger partial charge in [0.15, 0.2) is 0 Å². The molecule has 0 aliphatic carbocycles. The lowest BCUT2D eigenvalue weighted by atomic mass is 9.99. The fourth-order valence-electron chi connectivity index (χ4n) is 2.11. The van der Waals surface area contributed by atoms with Gasteiger partial charge in [-0.05, 0) is 18.0 Å². The van der Waals surface area contributed by atoms with E-state index in [1.165, 1.54) is 24.3 Å². The highest BCUT2D eigenvalue weighted by Crippen LogP contribution is 2.52. The van der Waals surface area contributed by atoms with Crippen LogP contribution in [0.15, 0.2) is 34.5 Å². The molecule has 2 N–H and O–H groups in total. The lowest BCUT2D eigenvalue weighted by Crippen LogP contribution is -2.30. The Hall–Kier alpha value is -1.47. The second-order valence-corrected chi connectivity index (χ2v) is 5.68. The summed E-state index contributed by atoms with van der Waals surface area (Å²) < 4.78 is 38.6. The molecule has 1 aliphatic rings. The van der Waals surface area contributed by atoms with Crippen LogP contribution in [0, 0.1) is 5.92 Å². The van der Waals surface area contributed by atoms with Crippen molar-refractivity contribution in [2.75, 3.05) is 13.1 Å². The topological polar surface area (TPSA) is 57.0 Å². The number of hydrogen-bond acceptors (Lipinski definition) is 4. The largest absolute Gasteiger partial charge is 0.442 e. The van der Waals surface area contributed by atoms with Gasteiger partial charge in [0, 0.05) is 12.1 Å². The SMILES string of the molecule is CCC(C)CNCC(O)c1ccc(C2(C(F)(F)F)N=N2)cc1. The van der Waals surface area contributed by atoms with Crippen LogP contribution in [-0.4, -0.2) is 24.4 Å². The monoisotopic (exact) mass is 315 g/mol. The molecule has 4 nitrogen and oxygen atoms in total. The van der Waals surface area contributed by atoms with Crippen LogP contribution in [0.1, 0.15) is 37.5 Å². The van der Waals surface area contributed by atoms with Crippen LogP contribution in [0.4, 0.5) is 13.2 Å². The zero-order chi connectivity index (χ0) is 16.4. The summed E-state index contributed by atoms with van der Waals surface area (Å²) in [6, 6.07) is 5.62. The number of aliphatic hydroxyl groups is 1. The van der Waals surface area contributed by atoms with E-state index < -0.39 is 17.9 Å². The van der Waals surface area contributed by atoms with Gasteiger partial charge in [0.25, 0.3) is 0 Å². The highest BCUT2D eigenvalue weighted by Gasteiger charge is 2.65. The maximum atomic E-state index is 12.9. The van der Waals surface area contributed by atoms with Gasteiger partial charge in [-0.15, -0.1) is 10.2 Å². The van der Waals surface area contributed by atoms with Crippen molar-refractivity contribution in [3.05, 3.63) is 35.4 Å². The minimum Gasteiger partial charge on any atom is -0.387 e. The molecule has 2 atom stereocenters. The van der Waals surface area contributed by atoms with Gasteiger partial charge in [-0.2, -0.15) is 13.2 Å². The third-order valence-electron chi connectivity index (χ3n) is 3.92. The first-order valence-corrected chi connectivity index (χ1v) is 7.30. The summed E-state index contributed by atoms with van der Waals surface area (Å²) >= 11 is 0. The molecule has 1 aliphatic heterocycles. The van der Waals surface area contributed by atoms with E-state index in [1.807, 2.05) is 0 Å². The van der Waals surface area contributed by atoms with Crippen LogP contribution in [0.3, 0.4) is 0 Å². The van der Waals surface area contributed by atoms with E-state index in [0.717, 1.165) is 13.0 Å². The number of rotatable bonds is 7. The number of benzene rings is 1. The summed E-state index contributed by atoms with van der Waals surface area (Å²) in [6.45, 7) is 5.35. The zero-order valence-corrected chi connectivity index (χ0v) is 12.6. The molecule has 22 heavy (non-hydrogen) atoms. The molecule has 0 amide bonds. The van der Waals surface area contributed by atoms with Gasteiger partial charge in [-0.25, -0.2) is 0 Å². The van der Waals surface area contributed by atoms with Crippen LogP contribution in [0.25, 0.3) is 0 Å². The second-order valence-electron chi connectivity index (χ2n) is 5.68. The maximum absolute atomic E-state index is 12.9. The highest BCUT2D eigenvalue weighted by molar-refractivity contribution is 5.33. The number of aliphatic hydroxyl groups excluding tert-OH is 1. The van der Waals surface area contributed by atoms with E-state index in [-0.39, 0.29) is 5.56 Å². The lowest BCUT2D eigenvalue weighted by Gasteiger charge is -2.17. The molecule has 0 spiro atoms. The highest BCUT2D eigenvalue weighted by atomic mass is 19.4. The van der Waals surface area contributed by atoms with Crippen LogP contribution >= 0.6 is 0 Å². The maximum Gasteiger partial charge on any atom is 0.442 e. The molecule has 0 radical (unpaired) electrons. The van der Waals surface area contributed by atoms with Crippen LogP contribution in [0.2, 0.25) is 0 Å². The Balaban J connectivity index is 1.95. The predicted octanol–water partition coefficient (Wildman–Crippen LogP) is 3.54. The fraction of sp³-hybridized carbons (Fsp3) is 0.600. The Morgan fingerprint density at radius 3 is 2.23 bits per heavy atom. The zero-order valence-electron chi connectivity index (χ0n) is 12.6. The van der Waals surface area contributed by atoms with Gasteiger partial charge >= 0.3 is 11.8 Å². The van der Waals surface area contributed by atoms with Crippen LogP contribution in [0.5, 0.6) is 0 Å². The summed E-state index contributed by atoms with van der Waals surface area (Å²) in [7, 11) is 0. The van der Waals surface area contributed by atoms with E-state index >= 15 is 0 Å². The van der Waals surface area contributed by atoms with Gasteiger partial charge in [0.05, 0.1) is 6.10 Å². The summed E-state index contributed by atoms with van der Waals surface area (Å²) in [4.78, 5) is 0. The quantitative estimate of drug-likeness (QED) is 0.808. The minimum atomic E-state index is -4.52. The van der Waals surface area contributed by atoms with E-state index in [4.69, 9.17) is 0 Å². The Labute approximate surface area is 127 Å². The van der Waals surface area contributed by atoms with Crippen molar-refractivity contribution in [1.82, 2.24) is 5.32 Å². The first-order valence-electron chi connectivity index (χ1n) is 7.30. The average Bonchev–Trinajstić information content (AvgIpc) is 3.28. The van der Waals surface area contributed by atoms with Crippen LogP contribution < -0.4 is 5.32 Å². The first-order chi connectivity index (χ1) is 10.3. The van der Waals surface area contributed by atoms with E-state index in [9.17, 15) is 18.3 Å². The number of hydrogen-bond donors (Lipinski definition) is 2. The van der Waals surface area contributed by atoms with E-state index in [0.29, 0.717) is 18.0 Å². The molecular weight excluding hydrogens is 295 g/mol. The molecular formula is C15H20F3N3O. The molecule has 7 heteroatoms. The van der Waals surface area contributed by atoms with Crippen LogP contribution in [-0.2, 0) is 5.66 Å². The van der Waals surface area contributed by atoms with Crippen molar-refractivity contribution >= 4 is 0 Å². The lowest BCUT2D eigenvalue weighted by molar-refractivity contribution is -0.166. The van der Waals surface area contributed by atoms with Crippen molar-refractivity contribution in [2.24, 2.45) is 16.1 Å². The summed E-state index contributed by atoms with van der Waals surface area (Å²) in [5, 5.41) is 19.5.